The summed E-state index contributed by atoms with van der Waals surface area (Å²) < 4.78 is 0. The second-order valence-electron chi connectivity index (χ2n) is 3.52. The van der Waals surface area contributed by atoms with Gasteiger partial charge in [0.25, 0.3) is 0 Å². The maximum absolute atomic E-state index is 10.6. The van der Waals surface area contributed by atoms with Crippen LogP contribution >= 0.6 is 0 Å². The summed E-state index contributed by atoms with van der Waals surface area (Å²) >= 11 is 0. The minimum Gasteiger partial charge on any atom is -0.481 e. The maximum atomic E-state index is 10.6. The molecule has 0 aromatic carbocycles. The molecular formula is C10H15N3O2. The number of rotatable bonds is 4. The Hall–Kier alpha value is -1.62. The Labute approximate surface area is 88.5 Å². The quantitative estimate of drug-likeness (QED) is 0.760. The van der Waals surface area contributed by atoms with E-state index in [1.54, 1.807) is 18.3 Å². The minimum absolute atomic E-state index is 0.0907. The van der Waals surface area contributed by atoms with Crippen LogP contribution in [0.2, 0.25) is 0 Å². The molecular weight excluding hydrogens is 194 g/mol. The van der Waals surface area contributed by atoms with Crippen LogP contribution in [0.25, 0.3) is 0 Å². The number of hydrogen-bond acceptors (Lipinski definition) is 4. The molecule has 1 atom stereocenters. The predicted octanol–water partition coefficient (Wildman–Crippen LogP) is 0.622. The fourth-order valence-electron chi connectivity index (χ4n) is 1.37. The molecule has 82 valence electrons. The Morgan fingerprint density at radius 1 is 1.67 bits per heavy atom. The lowest BCUT2D eigenvalue weighted by Crippen LogP contribution is -2.20. The zero-order valence-electron chi connectivity index (χ0n) is 8.84. The molecule has 15 heavy (non-hydrogen) atoms. The summed E-state index contributed by atoms with van der Waals surface area (Å²) in [5.41, 5.74) is 6.54. The van der Waals surface area contributed by atoms with Crippen LogP contribution in [0, 0.1) is 0 Å². The molecule has 1 aromatic heterocycles. The average Bonchev–Trinajstić information content (AvgIpc) is 2.16. The normalized spacial score (nSPS) is 12.2. The van der Waals surface area contributed by atoms with E-state index in [0.717, 1.165) is 5.56 Å². The molecule has 0 amide bonds. The molecule has 0 aliphatic carbocycles. The smallest absolute Gasteiger partial charge is 0.305 e. The van der Waals surface area contributed by atoms with Gasteiger partial charge in [0.15, 0.2) is 0 Å². The minimum atomic E-state index is -0.906. The first-order valence-electron chi connectivity index (χ1n) is 4.62. The molecule has 0 saturated heterocycles. The third kappa shape index (κ3) is 2.92. The summed E-state index contributed by atoms with van der Waals surface area (Å²) in [6.45, 7) is 0. The Morgan fingerprint density at radius 3 is 2.87 bits per heavy atom. The molecule has 0 aliphatic rings. The van der Waals surface area contributed by atoms with Crippen LogP contribution in [0.1, 0.15) is 18.0 Å². The first-order valence-corrected chi connectivity index (χ1v) is 4.62. The third-order valence-electron chi connectivity index (χ3n) is 2.03. The van der Waals surface area contributed by atoms with Gasteiger partial charge in [0.05, 0.1) is 6.42 Å². The van der Waals surface area contributed by atoms with Gasteiger partial charge in [-0.15, -0.1) is 0 Å². The molecule has 1 unspecified atom stereocenters. The number of aliphatic carboxylic acids is 1. The van der Waals surface area contributed by atoms with Gasteiger partial charge < -0.3 is 15.7 Å². The highest BCUT2D eigenvalue weighted by molar-refractivity contribution is 5.68. The summed E-state index contributed by atoms with van der Waals surface area (Å²) in [5.74, 6) is -0.192. The van der Waals surface area contributed by atoms with E-state index in [-0.39, 0.29) is 6.42 Å². The molecule has 0 saturated carbocycles. The number of aromatic nitrogens is 1. The number of carboxylic acids is 1. The number of carboxylic acid groups (broad SMARTS) is 1. The van der Waals surface area contributed by atoms with Gasteiger partial charge >= 0.3 is 5.97 Å². The second-order valence-corrected chi connectivity index (χ2v) is 3.52. The van der Waals surface area contributed by atoms with Crippen molar-refractivity contribution in [2.75, 3.05) is 19.0 Å². The van der Waals surface area contributed by atoms with Crippen molar-refractivity contribution in [2.45, 2.75) is 12.5 Å². The Morgan fingerprint density at radius 2 is 2.33 bits per heavy atom. The highest BCUT2D eigenvalue weighted by atomic mass is 16.4. The van der Waals surface area contributed by atoms with Crippen molar-refractivity contribution in [1.82, 2.24) is 4.98 Å². The van der Waals surface area contributed by atoms with Crippen molar-refractivity contribution in [1.29, 1.82) is 0 Å². The van der Waals surface area contributed by atoms with Crippen LogP contribution < -0.4 is 10.6 Å². The van der Waals surface area contributed by atoms with Crippen molar-refractivity contribution >= 4 is 11.8 Å². The number of hydrogen-bond donors (Lipinski definition) is 2. The lowest BCUT2D eigenvalue weighted by atomic mass is 10.1. The van der Waals surface area contributed by atoms with E-state index in [9.17, 15) is 4.79 Å². The second kappa shape index (κ2) is 4.75. The standard InChI is InChI=1S/C10H15N3O2/c1-13(2)10-7(4-3-5-12-10)8(11)6-9(14)15/h3-5,8H,6,11H2,1-2H3,(H,14,15). The van der Waals surface area contributed by atoms with Gasteiger partial charge in [0.2, 0.25) is 0 Å². The van der Waals surface area contributed by atoms with Crippen LogP contribution in [0.5, 0.6) is 0 Å². The first kappa shape index (κ1) is 11.5. The van der Waals surface area contributed by atoms with E-state index >= 15 is 0 Å². The van der Waals surface area contributed by atoms with E-state index in [1.807, 2.05) is 19.0 Å². The molecule has 1 rings (SSSR count). The highest BCUT2D eigenvalue weighted by Gasteiger charge is 2.15. The molecule has 0 spiro atoms. The summed E-state index contributed by atoms with van der Waals surface area (Å²) in [6.07, 6.45) is 1.57. The van der Waals surface area contributed by atoms with Gasteiger partial charge in [-0.25, -0.2) is 4.98 Å². The topological polar surface area (TPSA) is 79.5 Å². The number of carbonyl (C=O) groups is 1. The third-order valence-corrected chi connectivity index (χ3v) is 2.03. The summed E-state index contributed by atoms with van der Waals surface area (Å²) in [4.78, 5) is 16.5. The maximum Gasteiger partial charge on any atom is 0.305 e. The Balaban J connectivity index is 2.97. The fraction of sp³-hybridized carbons (Fsp3) is 0.400. The molecule has 0 radical (unpaired) electrons. The van der Waals surface area contributed by atoms with Crippen molar-refractivity contribution in [3.8, 4) is 0 Å². The zero-order chi connectivity index (χ0) is 11.4. The molecule has 0 aliphatic heterocycles. The summed E-state index contributed by atoms with van der Waals surface area (Å²) in [6, 6.07) is 3.04. The molecule has 1 heterocycles. The summed E-state index contributed by atoms with van der Waals surface area (Å²) in [5, 5.41) is 8.66. The van der Waals surface area contributed by atoms with E-state index in [2.05, 4.69) is 4.98 Å². The van der Waals surface area contributed by atoms with Gasteiger partial charge in [-0.3, -0.25) is 4.79 Å². The van der Waals surface area contributed by atoms with Gasteiger partial charge in [-0.2, -0.15) is 0 Å². The highest BCUT2D eigenvalue weighted by Crippen LogP contribution is 2.22. The Bertz CT molecular complexity index is 352. The first-order chi connectivity index (χ1) is 7.02. The SMILES string of the molecule is CN(C)c1ncccc1C(N)CC(=O)O. The van der Waals surface area contributed by atoms with Crippen LogP contribution in [0.4, 0.5) is 5.82 Å². The molecule has 0 fully saturated rings. The average molecular weight is 209 g/mol. The van der Waals surface area contributed by atoms with Crippen LogP contribution in [-0.2, 0) is 4.79 Å². The molecule has 5 nitrogen and oxygen atoms in total. The molecule has 1 aromatic rings. The summed E-state index contributed by atoms with van der Waals surface area (Å²) in [7, 11) is 3.69. The molecule has 5 heteroatoms. The number of pyridine rings is 1. The van der Waals surface area contributed by atoms with Crippen molar-refractivity contribution in [3.63, 3.8) is 0 Å². The fourth-order valence-corrected chi connectivity index (χ4v) is 1.37. The van der Waals surface area contributed by atoms with Gasteiger partial charge in [0.1, 0.15) is 5.82 Å². The number of nitrogens with two attached hydrogens (primary N) is 1. The molecule has 3 N–H and O–H groups in total. The zero-order valence-corrected chi connectivity index (χ0v) is 8.84. The van der Waals surface area contributed by atoms with Gasteiger partial charge in [-0.1, -0.05) is 6.07 Å². The van der Waals surface area contributed by atoms with E-state index in [1.165, 1.54) is 0 Å². The van der Waals surface area contributed by atoms with Crippen LogP contribution in [0.15, 0.2) is 18.3 Å². The lowest BCUT2D eigenvalue weighted by Gasteiger charge is -2.18. The number of nitrogens with zero attached hydrogens (tertiary/aromatic N) is 2. The van der Waals surface area contributed by atoms with Crippen LogP contribution in [-0.4, -0.2) is 30.2 Å². The number of anilines is 1. The van der Waals surface area contributed by atoms with E-state index in [0.29, 0.717) is 5.82 Å². The lowest BCUT2D eigenvalue weighted by molar-refractivity contribution is -0.137. The largest absolute Gasteiger partial charge is 0.481 e. The van der Waals surface area contributed by atoms with Crippen LogP contribution in [0.3, 0.4) is 0 Å². The van der Waals surface area contributed by atoms with E-state index in [4.69, 9.17) is 10.8 Å². The molecule has 0 bridgehead atoms. The van der Waals surface area contributed by atoms with E-state index < -0.39 is 12.0 Å². The van der Waals surface area contributed by atoms with Crippen molar-refractivity contribution in [3.05, 3.63) is 23.9 Å². The van der Waals surface area contributed by atoms with Crippen molar-refractivity contribution in [2.24, 2.45) is 5.73 Å². The van der Waals surface area contributed by atoms with Gasteiger partial charge in [0, 0.05) is 31.9 Å². The monoisotopic (exact) mass is 209 g/mol. The predicted molar refractivity (Wildman–Crippen MR) is 57.7 cm³/mol. The van der Waals surface area contributed by atoms with Crippen molar-refractivity contribution < 1.29 is 9.90 Å². The van der Waals surface area contributed by atoms with Gasteiger partial charge in [-0.05, 0) is 6.07 Å². The Kier molecular flexibility index (Phi) is 3.62.